The maximum atomic E-state index is 12.0. The van der Waals surface area contributed by atoms with Crippen LogP contribution in [0.1, 0.15) is 30.5 Å². The number of rotatable bonds is 10. The Labute approximate surface area is 170 Å². The summed E-state index contributed by atoms with van der Waals surface area (Å²) in [7, 11) is 4.59. The number of benzene rings is 2. The SMILES string of the molecule is COc1cc(CCC(=O)OCC(=O)N[C@H](C)c2ccccc2)cc(OC)c1OC. The predicted molar refractivity (Wildman–Crippen MR) is 108 cm³/mol. The second kappa shape index (κ2) is 10.9. The van der Waals surface area contributed by atoms with E-state index in [1.807, 2.05) is 37.3 Å². The minimum atomic E-state index is -0.457. The number of ether oxygens (including phenoxy) is 4. The molecule has 0 unspecified atom stereocenters. The van der Waals surface area contributed by atoms with Crippen LogP contribution in [0.25, 0.3) is 0 Å². The topological polar surface area (TPSA) is 83.1 Å². The first-order valence-electron chi connectivity index (χ1n) is 9.27. The van der Waals surface area contributed by atoms with Gasteiger partial charge in [0.15, 0.2) is 18.1 Å². The highest BCUT2D eigenvalue weighted by Crippen LogP contribution is 2.38. The Kier molecular flexibility index (Phi) is 8.33. The summed E-state index contributed by atoms with van der Waals surface area (Å²) >= 11 is 0. The highest BCUT2D eigenvalue weighted by atomic mass is 16.5. The van der Waals surface area contributed by atoms with Gasteiger partial charge in [0.2, 0.25) is 5.75 Å². The highest BCUT2D eigenvalue weighted by molar-refractivity contribution is 5.80. The van der Waals surface area contributed by atoms with Crippen LogP contribution in [0.3, 0.4) is 0 Å². The summed E-state index contributed by atoms with van der Waals surface area (Å²) in [5.41, 5.74) is 1.81. The average Bonchev–Trinajstić information content (AvgIpc) is 2.75. The van der Waals surface area contributed by atoms with Crippen LogP contribution in [-0.4, -0.2) is 39.8 Å². The number of carbonyl (C=O) groups is 2. The molecule has 0 aliphatic rings. The van der Waals surface area contributed by atoms with Crippen LogP contribution in [0.5, 0.6) is 17.2 Å². The Morgan fingerprint density at radius 1 is 0.966 bits per heavy atom. The van der Waals surface area contributed by atoms with Gasteiger partial charge in [-0.05, 0) is 36.6 Å². The molecule has 0 saturated heterocycles. The molecule has 0 aliphatic carbocycles. The van der Waals surface area contributed by atoms with Crippen LogP contribution in [0.4, 0.5) is 0 Å². The smallest absolute Gasteiger partial charge is 0.306 e. The maximum absolute atomic E-state index is 12.0. The molecule has 2 aromatic rings. The van der Waals surface area contributed by atoms with Crippen molar-refractivity contribution >= 4 is 11.9 Å². The van der Waals surface area contributed by atoms with Crippen LogP contribution < -0.4 is 19.5 Å². The molecule has 7 heteroatoms. The fraction of sp³-hybridized carbons (Fsp3) is 0.364. The summed E-state index contributed by atoms with van der Waals surface area (Å²) in [6, 6.07) is 13.0. The number of methoxy groups -OCH3 is 3. The summed E-state index contributed by atoms with van der Waals surface area (Å²) in [6.07, 6.45) is 0.539. The van der Waals surface area contributed by atoms with Crippen molar-refractivity contribution in [1.82, 2.24) is 5.32 Å². The molecule has 0 radical (unpaired) electrons. The molecule has 0 aliphatic heterocycles. The van der Waals surface area contributed by atoms with Crippen LogP contribution in [0.2, 0.25) is 0 Å². The van der Waals surface area contributed by atoms with Gasteiger partial charge in [-0.1, -0.05) is 30.3 Å². The molecule has 0 bridgehead atoms. The largest absolute Gasteiger partial charge is 0.493 e. The molecule has 0 spiro atoms. The molecule has 0 saturated carbocycles. The van der Waals surface area contributed by atoms with Gasteiger partial charge >= 0.3 is 5.97 Å². The monoisotopic (exact) mass is 401 g/mol. The van der Waals surface area contributed by atoms with Crippen molar-refractivity contribution < 1.29 is 28.5 Å². The predicted octanol–water partition coefficient (Wildman–Crippen LogP) is 3.07. The van der Waals surface area contributed by atoms with Crippen LogP contribution in [0, 0.1) is 0 Å². The van der Waals surface area contributed by atoms with Gasteiger partial charge in [-0.15, -0.1) is 0 Å². The first-order valence-corrected chi connectivity index (χ1v) is 9.27. The summed E-state index contributed by atoms with van der Waals surface area (Å²) < 4.78 is 21.0. The normalized spacial score (nSPS) is 11.3. The number of nitrogens with one attached hydrogen (secondary N) is 1. The molecule has 2 aromatic carbocycles. The van der Waals surface area contributed by atoms with E-state index in [1.165, 1.54) is 21.3 Å². The number of carbonyl (C=O) groups excluding carboxylic acids is 2. The zero-order chi connectivity index (χ0) is 21.2. The third-order valence-electron chi connectivity index (χ3n) is 4.38. The minimum Gasteiger partial charge on any atom is -0.493 e. The van der Waals surface area contributed by atoms with Gasteiger partial charge < -0.3 is 24.3 Å². The highest BCUT2D eigenvalue weighted by Gasteiger charge is 2.15. The fourth-order valence-corrected chi connectivity index (χ4v) is 2.85. The first kappa shape index (κ1) is 22.1. The Balaban J connectivity index is 1.83. The van der Waals surface area contributed by atoms with Gasteiger partial charge in [-0.25, -0.2) is 0 Å². The van der Waals surface area contributed by atoms with E-state index in [9.17, 15) is 9.59 Å². The molecular weight excluding hydrogens is 374 g/mol. The van der Waals surface area contributed by atoms with E-state index in [1.54, 1.807) is 12.1 Å². The van der Waals surface area contributed by atoms with E-state index < -0.39 is 5.97 Å². The minimum absolute atomic E-state index is 0.125. The lowest BCUT2D eigenvalue weighted by atomic mass is 10.1. The van der Waals surface area contributed by atoms with Crippen LogP contribution >= 0.6 is 0 Å². The molecule has 0 fully saturated rings. The quantitative estimate of drug-likeness (QED) is 0.616. The molecule has 1 atom stereocenters. The first-order chi connectivity index (χ1) is 14.0. The molecule has 1 amide bonds. The molecule has 0 heterocycles. The van der Waals surface area contributed by atoms with Gasteiger partial charge in [0.1, 0.15) is 0 Å². The molecule has 156 valence electrons. The second-order valence-corrected chi connectivity index (χ2v) is 6.39. The zero-order valence-electron chi connectivity index (χ0n) is 17.2. The van der Waals surface area contributed by atoms with Crippen molar-refractivity contribution in [2.75, 3.05) is 27.9 Å². The van der Waals surface area contributed by atoms with Crippen molar-refractivity contribution in [2.45, 2.75) is 25.8 Å². The van der Waals surface area contributed by atoms with E-state index in [2.05, 4.69) is 5.32 Å². The number of amides is 1. The van der Waals surface area contributed by atoms with E-state index in [-0.39, 0.29) is 25.0 Å². The van der Waals surface area contributed by atoms with Gasteiger partial charge in [-0.2, -0.15) is 0 Å². The van der Waals surface area contributed by atoms with Gasteiger partial charge in [-0.3, -0.25) is 9.59 Å². The van der Waals surface area contributed by atoms with Crippen molar-refractivity contribution in [2.24, 2.45) is 0 Å². The lowest BCUT2D eigenvalue weighted by Gasteiger charge is -2.15. The number of hydrogen-bond acceptors (Lipinski definition) is 6. The summed E-state index contributed by atoms with van der Waals surface area (Å²) in [4.78, 5) is 24.0. The van der Waals surface area contributed by atoms with Gasteiger partial charge in [0.05, 0.1) is 27.4 Å². The number of hydrogen-bond donors (Lipinski definition) is 1. The van der Waals surface area contributed by atoms with Gasteiger partial charge in [0.25, 0.3) is 5.91 Å². The van der Waals surface area contributed by atoms with E-state index in [0.29, 0.717) is 23.7 Å². The Morgan fingerprint density at radius 3 is 2.14 bits per heavy atom. The van der Waals surface area contributed by atoms with E-state index in [0.717, 1.165) is 11.1 Å². The number of aryl methyl sites for hydroxylation is 1. The average molecular weight is 401 g/mol. The second-order valence-electron chi connectivity index (χ2n) is 6.39. The van der Waals surface area contributed by atoms with Crippen molar-refractivity contribution in [3.05, 3.63) is 53.6 Å². The Hall–Kier alpha value is -3.22. The molecule has 1 N–H and O–H groups in total. The van der Waals surface area contributed by atoms with E-state index in [4.69, 9.17) is 18.9 Å². The lowest BCUT2D eigenvalue weighted by molar-refractivity contribution is -0.148. The third kappa shape index (κ3) is 6.41. The van der Waals surface area contributed by atoms with Gasteiger partial charge in [0, 0.05) is 6.42 Å². The summed E-state index contributed by atoms with van der Waals surface area (Å²) in [5.74, 6) is 0.725. The zero-order valence-corrected chi connectivity index (χ0v) is 17.2. The Bertz CT molecular complexity index is 796. The standard InChI is InChI=1S/C22H27NO6/c1-15(17-8-6-5-7-9-17)23-20(24)14-29-21(25)11-10-16-12-18(26-2)22(28-4)19(13-16)27-3/h5-9,12-13,15H,10-11,14H2,1-4H3,(H,23,24)/t15-/m1/s1. The maximum Gasteiger partial charge on any atom is 0.306 e. The summed E-state index contributed by atoms with van der Waals surface area (Å²) in [5, 5.41) is 2.81. The van der Waals surface area contributed by atoms with Crippen molar-refractivity contribution in [1.29, 1.82) is 0 Å². The molecular formula is C22H27NO6. The third-order valence-corrected chi connectivity index (χ3v) is 4.38. The molecule has 7 nitrogen and oxygen atoms in total. The lowest BCUT2D eigenvalue weighted by Crippen LogP contribution is -2.31. The summed E-state index contributed by atoms with van der Waals surface area (Å²) in [6.45, 7) is 1.56. The fourth-order valence-electron chi connectivity index (χ4n) is 2.85. The van der Waals surface area contributed by atoms with Crippen molar-refractivity contribution in [3.63, 3.8) is 0 Å². The Morgan fingerprint density at radius 2 is 1.59 bits per heavy atom. The molecule has 0 aromatic heterocycles. The van der Waals surface area contributed by atoms with Crippen LogP contribution in [0.15, 0.2) is 42.5 Å². The number of esters is 1. The van der Waals surface area contributed by atoms with Crippen molar-refractivity contribution in [3.8, 4) is 17.2 Å². The van der Waals surface area contributed by atoms with E-state index >= 15 is 0 Å². The molecule has 29 heavy (non-hydrogen) atoms. The van der Waals surface area contributed by atoms with Crippen LogP contribution in [-0.2, 0) is 20.7 Å². The molecule has 2 rings (SSSR count).